The number of hydrogen-bond donors (Lipinski definition) is 3. The molecule has 0 atom stereocenters. The Morgan fingerprint density at radius 3 is 2.11 bits per heavy atom. The molecule has 2 amide bonds. The number of benzene rings is 2. The largest absolute Gasteiger partial charge is 0.444 e. The van der Waals surface area contributed by atoms with Crippen molar-refractivity contribution in [2.75, 3.05) is 10.0 Å². The summed E-state index contributed by atoms with van der Waals surface area (Å²) < 4.78 is 37.7. The number of rotatable bonds is 5. The molecule has 11 heteroatoms. The average molecular weight is 504 g/mol. The Kier molecular flexibility index (Phi) is 8.86. The summed E-state index contributed by atoms with van der Waals surface area (Å²) in [5.74, 6) is -0.423. The molecule has 0 unspecified atom stereocenters. The fraction of sp³-hybridized carbons (Fsp3) is 0.375. The fourth-order valence-corrected chi connectivity index (χ4v) is 3.73. The molecular weight excluding hydrogens is 472 g/mol. The lowest BCUT2D eigenvalue weighted by Gasteiger charge is -2.21. The van der Waals surface area contributed by atoms with Gasteiger partial charge in [-0.3, -0.25) is 10.0 Å². The summed E-state index contributed by atoms with van der Waals surface area (Å²) in [5, 5.41) is 5.14. The van der Waals surface area contributed by atoms with Crippen molar-refractivity contribution in [3.8, 4) is 0 Å². The lowest BCUT2D eigenvalue weighted by Crippen LogP contribution is -2.40. The molecular formula is C24H31N4O6S. The SMILES string of the molecule is CC(C)(C)OC(=O)N=C(NC(=O)OC(C)(C)C)Nc1c[c]c(NS(=O)(=O)Cc2ccccc2)cc1. The molecule has 35 heavy (non-hydrogen) atoms. The van der Waals surface area contributed by atoms with Gasteiger partial charge in [-0.25, -0.2) is 18.0 Å². The number of ether oxygens (including phenoxy) is 2. The maximum Gasteiger partial charge on any atom is 0.437 e. The molecule has 2 aromatic carbocycles. The van der Waals surface area contributed by atoms with Gasteiger partial charge in [0.1, 0.15) is 11.2 Å². The number of carbonyl (C=O) groups excluding carboxylic acids is 2. The van der Waals surface area contributed by atoms with Gasteiger partial charge in [0.25, 0.3) is 0 Å². The first kappa shape index (κ1) is 27.6. The molecule has 0 heterocycles. The van der Waals surface area contributed by atoms with Crippen LogP contribution >= 0.6 is 0 Å². The third-order valence-corrected chi connectivity index (χ3v) is 5.00. The molecule has 189 valence electrons. The number of guanidine groups is 1. The van der Waals surface area contributed by atoms with Crippen LogP contribution in [0.1, 0.15) is 47.1 Å². The van der Waals surface area contributed by atoms with Crippen LogP contribution in [0.5, 0.6) is 0 Å². The number of alkyl carbamates (subject to hydrolysis) is 1. The quantitative estimate of drug-likeness (QED) is 0.399. The Morgan fingerprint density at radius 2 is 1.57 bits per heavy atom. The number of carbonyl (C=O) groups is 2. The lowest BCUT2D eigenvalue weighted by molar-refractivity contribution is 0.0562. The second-order valence-electron chi connectivity index (χ2n) is 9.53. The molecule has 0 fully saturated rings. The summed E-state index contributed by atoms with van der Waals surface area (Å²) in [7, 11) is -3.65. The van der Waals surface area contributed by atoms with E-state index < -0.39 is 33.4 Å². The molecule has 0 aliphatic rings. The van der Waals surface area contributed by atoms with Gasteiger partial charge in [-0.2, -0.15) is 0 Å². The number of sulfonamides is 1. The van der Waals surface area contributed by atoms with Gasteiger partial charge in [0.2, 0.25) is 16.0 Å². The standard InChI is InChI=1S/C24H31N4O6S/c1-23(2,3)33-21(29)26-20(27-22(30)34-24(4,5)6)25-18-12-14-19(15-13-18)28-35(31,32)16-17-10-8-7-9-11-17/h7-14,28H,16H2,1-6H3,(H2,25,26,27,29,30). The highest BCUT2D eigenvalue weighted by Gasteiger charge is 2.20. The zero-order valence-corrected chi connectivity index (χ0v) is 21.4. The maximum absolute atomic E-state index is 12.4. The van der Waals surface area contributed by atoms with Gasteiger partial charge in [0.05, 0.1) is 11.4 Å². The molecule has 1 radical (unpaired) electrons. The first-order valence-electron chi connectivity index (χ1n) is 10.8. The minimum Gasteiger partial charge on any atom is -0.444 e. The third kappa shape index (κ3) is 11.4. The van der Waals surface area contributed by atoms with Crippen LogP contribution in [0.4, 0.5) is 21.0 Å². The van der Waals surface area contributed by atoms with Gasteiger partial charge >= 0.3 is 12.2 Å². The van der Waals surface area contributed by atoms with Crippen LogP contribution in [-0.4, -0.2) is 37.8 Å². The van der Waals surface area contributed by atoms with Gasteiger partial charge in [0, 0.05) is 11.8 Å². The predicted octanol–water partition coefficient (Wildman–Crippen LogP) is 4.66. The molecule has 0 aliphatic heterocycles. The summed E-state index contributed by atoms with van der Waals surface area (Å²) in [4.78, 5) is 28.1. The van der Waals surface area contributed by atoms with Crippen molar-refractivity contribution in [3.05, 3.63) is 60.2 Å². The number of hydrogen-bond acceptors (Lipinski definition) is 6. The van der Waals surface area contributed by atoms with Crippen molar-refractivity contribution in [2.24, 2.45) is 4.99 Å². The van der Waals surface area contributed by atoms with E-state index in [1.54, 1.807) is 71.9 Å². The Balaban J connectivity index is 2.13. The maximum atomic E-state index is 12.4. The first-order chi connectivity index (χ1) is 16.1. The van der Waals surface area contributed by atoms with Crippen LogP contribution in [0, 0.1) is 6.07 Å². The smallest absolute Gasteiger partial charge is 0.437 e. The van der Waals surface area contributed by atoms with Crippen LogP contribution in [0.3, 0.4) is 0 Å². The molecule has 10 nitrogen and oxygen atoms in total. The molecule has 0 spiro atoms. The van der Waals surface area contributed by atoms with Crippen molar-refractivity contribution in [1.82, 2.24) is 5.32 Å². The highest BCUT2D eigenvalue weighted by atomic mass is 32.2. The first-order valence-corrected chi connectivity index (χ1v) is 12.4. The van der Waals surface area contributed by atoms with Crippen LogP contribution in [-0.2, 0) is 25.2 Å². The molecule has 0 saturated carbocycles. The van der Waals surface area contributed by atoms with E-state index in [9.17, 15) is 18.0 Å². The normalized spacial score (nSPS) is 12.5. The highest BCUT2D eigenvalue weighted by molar-refractivity contribution is 7.91. The number of nitrogens with zero attached hydrogens (tertiary/aromatic N) is 1. The predicted molar refractivity (Wildman–Crippen MR) is 135 cm³/mol. The van der Waals surface area contributed by atoms with E-state index in [2.05, 4.69) is 26.4 Å². The monoisotopic (exact) mass is 503 g/mol. The highest BCUT2D eigenvalue weighted by Crippen LogP contribution is 2.16. The lowest BCUT2D eigenvalue weighted by atomic mass is 10.2. The summed E-state index contributed by atoms with van der Waals surface area (Å²) in [5.41, 5.74) is -0.321. The van der Waals surface area contributed by atoms with Gasteiger partial charge in [-0.05, 0) is 65.3 Å². The van der Waals surface area contributed by atoms with E-state index >= 15 is 0 Å². The summed E-state index contributed by atoms with van der Waals surface area (Å²) in [6, 6.07) is 16.0. The van der Waals surface area contributed by atoms with Gasteiger partial charge in [-0.15, -0.1) is 4.99 Å². The minimum atomic E-state index is -3.65. The topological polar surface area (TPSA) is 135 Å². The van der Waals surface area contributed by atoms with Gasteiger partial charge < -0.3 is 14.8 Å². The van der Waals surface area contributed by atoms with Crippen molar-refractivity contribution < 1.29 is 27.5 Å². The molecule has 2 aromatic rings. The van der Waals surface area contributed by atoms with Crippen molar-refractivity contribution in [2.45, 2.75) is 58.5 Å². The third-order valence-electron chi connectivity index (χ3n) is 3.76. The van der Waals surface area contributed by atoms with Crippen LogP contribution in [0.2, 0.25) is 0 Å². The zero-order chi connectivity index (χ0) is 26.3. The number of amides is 2. The average Bonchev–Trinajstić information content (AvgIpc) is 2.66. The molecule has 0 aromatic heterocycles. The summed E-state index contributed by atoms with van der Waals surface area (Å²) >= 11 is 0. The van der Waals surface area contributed by atoms with Crippen LogP contribution < -0.4 is 15.4 Å². The fourth-order valence-electron chi connectivity index (χ4n) is 2.56. The van der Waals surface area contributed by atoms with E-state index in [0.29, 0.717) is 11.3 Å². The number of nitrogens with one attached hydrogen (secondary N) is 3. The molecule has 0 saturated heterocycles. The van der Waals surface area contributed by atoms with Crippen LogP contribution in [0.15, 0.2) is 53.5 Å². The summed E-state index contributed by atoms with van der Waals surface area (Å²) in [6.45, 7) is 10.1. The minimum absolute atomic E-state index is 0.186. The molecule has 3 N–H and O–H groups in total. The van der Waals surface area contributed by atoms with Gasteiger partial charge in [-0.1, -0.05) is 30.3 Å². The van der Waals surface area contributed by atoms with E-state index in [0.717, 1.165) is 0 Å². The molecule has 0 bridgehead atoms. The van der Waals surface area contributed by atoms with E-state index in [4.69, 9.17) is 9.47 Å². The van der Waals surface area contributed by atoms with E-state index in [-0.39, 0.29) is 17.4 Å². The molecule has 0 aliphatic carbocycles. The van der Waals surface area contributed by atoms with Crippen molar-refractivity contribution >= 4 is 39.5 Å². The summed E-state index contributed by atoms with van der Waals surface area (Å²) in [6.07, 6.45) is -1.76. The van der Waals surface area contributed by atoms with Crippen molar-refractivity contribution in [3.63, 3.8) is 0 Å². The number of anilines is 2. The Hall–Kier alpha value is -3.60. The number of aliphatic imine (C=N–C) groups is 1. The van der Waals surface area contributed by atoms with Crippen molar-refractivity contribution in [1.29, 1.82) is 0 Å². The van der Waals surface area contributed by atoms with E-state index in [1.807, 2.05) is 0 Å². The second kappa shape index (κ2) is 11.2. The molecule has 2 rings (SSSR count). The van der Waals surface area contributed by atoms with Crippen LogP contribution in [0.25, 0.3) is 0 Å². The second-order valence-corrected chi connectivity index (χ2v) is 11.3. The Bertz CT molecular complexity index is 1150. The Labute approximate surface area is 206 Å². The van der Waals surface area contributed by atoms with Gasteiger partial charge in [0.15, 0.2) is 0 Å². The Morgan fingerprint density at radius 1 is 0.943 bits per heavy atom. The van der Waals surface area contributed by atoms with E-state index in [1.165, 1.54) is 18.2 Å². The zero-order valence-electron chi connectivity index (χ0n) is 20.6.